The van der Waals surface area contributed by atoms with E-state index in [-0.39, 0.29) is 17.7 Å². The lowest BCUT2D eigenvalue weighted by atomic mass is 9.82. The third-order valence-electron chi connectivity index (χ3n) is 9.72. The molecule has 46 heavy (non-hydrogen) atoms. The van der Waals surface area contributed by atoms with Gasteiger partial charge in [-0.05, 0) is 58.2 Å². The summed E-state index contributed by atoms with van der Waals surface area (Å²) in [4.78, 5) is 10.1. The van der Waals surface area contributed by atoms with Gasteiger partial charge in [-0.3, -0.25) is 0 Å². The number of amidine groups is 2. The summed E-state index contributed by atoms with van der Waals surface area (Å²) in [7, 11) is 0. The summed E-state index contributed by atoms with van der Waals surface area (Å²) in [5.74, 6) is 1.52. The molecule has 5 nitrogen and oxygen atoms in total. The van der Waals surface area contributed by atoms with Crippen LogP contribution in [0.25, 0.3) is 32.9 Å². The van der Waals surface area contributed by atoms with Gasteiger partial charge in [0.25, 0.3) is 0 Å². The molecule has 0 amide bonds. The highest BCUT2D eigenvalue weighted by atomic mass is 15.2. The van der Waals surface area contributed by atoms with Crippen molar-refractivity contribution in [3.63, 3.8) is 0 Å². The van der Waals surface area contributed by atoms with E-state index >= 15 is 0 Å². The molecule has 2 N–H and O–H groups in total. The number of hydrogen-bond acceptors (Lipinski definition) is 4. The molecular weight excluding hydrogens is 562 g/mol. The first-order chi connectivity index (χ1) is 22.6. The summed E-state index contributed by atoms with van der Waals surface area (Å²) >= 11 is 0. The third kappa shape index (κ3) is 4.08. The minimum absolute atomic E-state index is 0.0682. The Bertz CT molecular complexity index is 2290. The second-order valence-corrected chi connectivity index (χ2v) is 12.8. The van der Waals surface area contributed by atoms with E-state index in [1.165, 1.54) is 44.1 Å². The molecule has 0 fully saturated rings. The van der Waals surface area contributed by atoms with Crippen LogP contribution < -0.4 is 10.6 Å². The van der Waals surface area contributed by atoms with Crippen LogP contribution in [-0.2, 0) is 5.41 Å². The minimum atomic E-state index is -0.233. The van der Waals surface area contributed by atoms with Gasteiger partial charge in [0.2, 0.25) is 0 Å². The molecule has 5 aromatic carbocycles. The van der Waals surface area contributed by atoms with Gasteiger partial charge in [0.05, 0.1) is 11.0 Å². The highest BCUT2D eigenvalue weighted by Crippen LogP contribution is 2.51. The fraction of sp³-hybridized carbons (Fsp3) is 0.122. The lowest BCUT2D eigenvalue weighted by Crippen LogP contribution is -2.34. The van der Waals surface area contributed by atoms with Crippen LogP contribution in [0.4, 0.5) is 0 Å². The second kappa shape index (κ2) is 10.2. The Morgan fingerprint density at radius 1 is 0.696 bits per heavy atom. The summed E-state index contributed by atoms with van der Waals surface area (Å²) in [6.07, 6.45) is 6.15. The molecule has 1 aliphatic carbocycles. The van der Waals surface area contributed by atoms with Crippen molar-refractivity contribution >= 4 is 33.5 Å². The first kappa shape index (κ1) is 26.7. The molecule has 0 saturated carbocycles. The van der Waals surface area contributed by atoms with E-state index in [1.54, 1.807) is 0 Å². The summed E-state index contributed by atoms with van der Waals surface area (Å²) in [5.41, 5.74) is 10.9. The van der Waals surface area contributed by atoms with Crippen LogP contribution in [0, 0.1) is 0 Å². The van der Waals surface area contributed by atoms with Crippen molar-refractivity contribution in [1.82, 2.24) is 15.2 Å². The normalized spacial score (nSPS) is 19.5. The second-order valence-electron chi connectivity index (χ2n) is 12.8. The van der Waals surface area contributed by atoms with Crippen molar-refractivity contribution < 1.29 is 0 Å². The Labute approximate surface area is 268 Å². The zero-order valence-corrected chi connectivity index (χ0v) is 25.8. The quantitative estimate of drug-likeness (QED) is 0.214. The molecule has 0 bridgehead atoms. The van der Waals surface area contributed by atoms with Gasteiger partial charge in [-0.15, -0.1) is 0 Å². The molecule has 6 aromatic rings. The smallest absolute Gasteiger partial charge is 0.160 e. The Kier molecular flexibility index (Phi) is 5.91. The maximum atomic E-state index is 5.07. The molecule has 0 spiro atoms. The number of para-hydroxylation sites is 1. The minimum Gasteiger partial charge on any atom is -0.367 e. The summed E-state index contributed by atoms with van der Waals surface area (Å²) in [6, 6.07) is 43.0. The fourth-order valence-electron chi connectivity index (χ4n) is 7.39. The van der Waals surface area contributed by atoms with Gasteiger partial charge in [-0.1, -0.05) is 117 Å². The van der Waals surface area contributed by atoms with Gasteiger partial charge in [0.1, 0.15) is 18.2 Å². The van der Waals surface area contributed by atoms with Gasteiger partial charge in [-0.2, -0.15) is 0 Å². The number of hydrogen-bond donors (Lipinski definition) is 2. The first-order valence-electron chi connectivity index (χ1n) is 15.9. The molecule has 0 radical (unpaired) electrons. The van der Waals surface area contributed by atoms with Gasteiger partial charge in [0, 0.05) is 33.5 Å². The lowest BCUT2D eigenvalue weighted by Gasteiger charge is -2.26. The highest BCUT2D eigenvalue weighted by Gasteiger charge is 2.36. The molecule has 3 heterocycles. The van der Waals surface area contributed by atoms with Crippen molar-refractivity contribution in [2.45, 2.75) is 31.6 Å². The summed E-state index contributed by atoms with van der Waals surface area (Å²) in [5, 5.41) is 9.80. The lowest BCUT2D eigenvalue weighted by molar-refractivity contribution is 0.575. The Hall–Kier alpha value is -5.68. The monoisotopic (exact) mass is 595 g/mol. The maximum absolute atomic E-state index is 5.07. The van der Waals surface area contributed by atoms with E-state index in [1.807, 2.05) is 36.4 Å². The number of nitrogens with one attached hydrogen (secondary N) is 2. The van der Waals surface area contributed by atoms with E-state index in [9.17, 15) is 0 Å². The van der Waals surface area contributed by atoms with E-state index in [0.717, 1.165) is 22.5 Å². The number of dihydropyridines is 1. The number of aromatic nitrogens is 1. The molecule has 222 valence electrons. The third-order valence-corrected chi connectivity index (χ3v) is 9.72. The molecule has 5 heteroatoms. The topological polar surface area (TPSA) is 53.7 Å². The van der Waals surface area contributed by atoms with Crippen LogP contribution in [0.15, 0.2) is 155 Å². The van der Waals surface area contributed by atoms with Crippen molar-refractivity contribution in [2.24, 2.45) is 9.98 Å². The van der Waals surface area contributed by atoms with Crippen LogP contribution >= 0.6 is 0 Å². The number of nitrogens with zero attached hydrogens (tertiary/aromatic N) is 3. The van der Waals surface area contributed by atoms with Crippen molar-refractivity contribution in [2.75, 3.05) is 0 Å². The summed E-state index contributed by atoms with van der Waals surface area (Å²) < 4.78 is 2.43. The van der Waals surface area contributed by atoms with Gasteiger partial charge in [-0.25, -0.2) is 9.98 Å². The predicted molar refractivity (Wildman–Crippen MR) is 189 cm³/mol. The van der Waals surface area contributed by atoms with Crippen LogP contribution in [0.3, 0.4) is 0 Å². The first-order valence-corrected chi connectivity index (χ1v) is 15.9. The molecular formula is C41H33N5. The molecule has 2 atom stereocenters. The van der Waals surface area contributed by atoms with E-state index in [2.05, 4.69) is 132 Å². The zero-order valence-electron chi connectivity index (χ0n) is 25.8. The Morgan fingerprint density at radius 2 is 1.43 bits per heavy atom. The summed E-state index contributed by atoms with van der Waals surface area (Å²) in [6.45, 7) is 4.69. The van der Waals surface area contributed by atoms with Crippen molar-refractivity contribution in [1.29, 1.82) is 0 Å². The standard InChI is InChI=1S/C41H33N5/c1-41(2)33-19-11-9-17-29(33)31-23-32-30-18-10-12-20-35(30)46(36(32)24-34(31)41)37-22-21-28(25-42-37)40-44-38(26-13-5-3-6-14-26)43-39(45-40)27-15-7-4-8-16-27/h3-25,37-38,42H,1-2H3,(H,43,44,45). The van der Waals surface area contributed by atoms with Crippen LogP contribution in [0.2, 0.25) is 0 Å². The molecule has 0 saturated heterocycles. The van der Waals surface area contributed by atoms with E-state index in [0.29, 0.717) is 5.84 Å². The molecule has 3 aliphatic rings. The zero-order chi connectivity index (χ0) is 30.8. The van der Waals surface area contributed by atoms with Crippen LogP contribution in [0.1, 0.15) is 48.4 Å². The Morgan fingerprint density at radius 3 is 2.24 bits per heavy atom. The predicted octanol–water partition coefficient (Wildman–Crippen LogP) is 8.79. The van der Waals surface area contributed by atoms with Crippen LogP contribution in [0.5, 0.6) is 0 Å². The average molecular weight is 596 g/mol. The highest BCUT2D eigenvalue weighted by molar-refractivity contribution is 6.14. The van der Waals surface area contributed by atoms with Crippen molar-refractivity contribution in [3.8, 4) is 11.1 Å². The molecule has 2 unspecified atom stereocenters. The van der Waals surface area contributed by atoms with E-state index in [4.69, 9.17) is 9.98 Å². The fourth-order valence-corrected chi connectivity index (χ4v) is 7.39. The number of rotatable bonds is 4. The van der Waals surface area contributed by atoms with Gasteiger partial charge in [0.15, 0.2) is 5.84 Å². The molecule has 9 rings (SSSR count). The average Bonchev–Trinajstić information content (AvgIpc) is 3.56. The number of fused-ring (bicyclic) bond motifs is 6. The molecule has 2 aliphatic heterocycles. The number of aliphatic imine (C=N–C) groups is 2. The van der Waals surface area contributed by atoms with Crippen LogP contribution in [-0.4, -0.2) is 16.2 Å². The van der Waals surface area contributed by atoms with Gasteiger partial charge < -0.3 is 15.2 Å². The van der Waals surface area contributed by atoms with Crippen molar-refractivity contribution in [3.05, 3.63) is 168 Å². The number of benzene rings is 5. The Balaban J connectivity index is 1.12. The van der Waals surface area contributed by atoms with Gasteiger partial charge >= 0.3 is 0 Å². The SMILES string of the molecule is CC1(C)c2ccccc2-c2cc3c4ccccc4n(C4C=CC(C5=NC(c6ccccc6)NC(c6ccccc6)=N5)=CN4)c3cc21. The van der Waals surface area contributed by atoms with E-state index < -0.39 is 0 Å². The largest absolute Gasteiger partial charge is 0.367 e. The molecule has 1 aromatic heterocycles. The maximum Gasteiger partial charge on any atom is 0.160 e.